The summed E-state index contributed by atoms with van der Waals surface area (Å²) in [4.78, 5) is 27.4. The molecule has 0 radical (unpaired) electrons. The highest BCUT2D eigenvalue weighted by Crippen LogP contribution is 2.27. The fraction of sp³-hybridized carbons (Fsp3) is 0.222. The molecule has 0 saturated carbocycles. The number of amides is 2. The Morgan fingerprint density at radius 1 is 1.17 bits per heavy atom. The van der Waals surface area contributed by atoms with Crippen molar-refractivity contribution in [2.75, 3.05) is 23.0 Å². The normalized spacial score (nSPS) is 17.2. The zero-order valence-electron chi connectivity index (χ0n) is 13.2. The molecule has 2 aromatic carbocycles. The first kappa shape index (κ1) is 16.9. The van der Waals surface area contributed by atoms with Gasteiger partial charge in [-0.05, 0) is 54.8 Å². The monoisotopic (exact) mass is 360 g/mol. The van der Waals surface area contributed by atoms with Crippen LogP contribution in [-0.4, -0.2) is 24.6 Å². The van der Waals surface area contributed by atoms with Gasteiger partial charge in [0.1, 0.15) is 0 Å². The van der Waals surface area contributed by atoms with Crippen molar-refractivity contribution >= 4 is 46.6 Å². The molecule has 0 spiro atoms. The molecular weight excluding hydrogens is 344 g/mol. The number of nitrogens with one attached hydrogen (secondary N) is 1. The van der Waals surface area contributed by atoms with Gasteiger partial charge < -0.3 is 10.2 Å². The predicted molar refractivity (Wildman–Crippen MR) is 98.8 cm³/mol. The molecule has 1 saturated heterocycles. The average molecular weight is 361 g/mol. The minimum absolute atomic E-state index is 0.0461. The number of anilines is 2. The lowest BCUT2D eigenvalue weighted by Crippen LogP contribution is -2.28. The van der Waals surface area contributed by atoms with Crippen LogP contribution in [0, 0.1) is 5.92 Å². The fourth-order valence-corrected chi connectivity index (χ4v) is 3.21. The maximum atomic E-state index is 12.4. The van der Waals surface area contributed by atoms with Crippen molar-refractivity contribution in [1.29, 1.82) is 0 Å². The molecule has 124 valence electrons. The van der Waals surface area contributed by atoms with Crippen molar-refractivity contribution in [3.8, 4) is 0 Å². The molecule has 4 nitrogen and oxygen atoms in total. The lowest BCUT2D eigenvalue weighted by atomic mass is 10.1. The molecule has 0 aliphatic carbocycles. The number of halogens is 1. The second kappa shape index (κ2) is 7.28. The van der Waals surface area contributed by atoms with Crippen LogP contribution >= 0.6 is 23.4 Å². The van der Waals surface area contributed by atoms with E-state index in [1.54, 1.807) is 40.9 Å². The van der Waals surface area contributed by atoms with Crippen molar-refractivity contribution in [3.05, 3.63) is 53.6 Å². The Morgan fingerprint density at radius 3 is 2.46 bits per heavy atom. The third-order valence-electron chi connectivity index (χ3n) is 3.99. The number of hydrogen-bond donors (Lipinski definition) is 1. The molecule has 2 aromatic rings. The van der Waals surface area contributed by atoms with Crippen molar-refractivity contribution < 1.29 is 9.59 Å². The first-order chi connectivity index (χ1) is 11.6. The highest BCUT2D eigenvalue weighted by atomic mass is 35.5. The zero-order valence-corrected chi connectivity index (χ0v) is 14.7. The third kappa shape index (κ3) is 3.74. The summed E-state index contributed by atoms with van der Waals surface area (Å²) < 4.78 is 0. The SMILES string of the molecule is CSc1ccc(NC(=O)C2CC(=O)N(c3ccc(Cl)cc3)C2)cc1. The van der Waals surface area contributed by atoms with Gasteiger partial charge in [0.15, 0.2) is 0 Å². The van der Waals surface area contributed by atoms with Crippen molar-refractivity contribution in [3.63, 3.8) is 0 Å². The Bertz CT molecular complexity index is 747. The number of hydrogen-bond acceptors (Lipinski definition) is 3. The first-order valence-electron chi connectivity index (χ1n) is 7.57. The van der Waals surface area contributed by atoms with Gasteiger partial charge in [0.05, 0.1) is 5.92 Å². The van der Waals surface area contributed by atoms with E-state index in [-0.39, 0.29) is 24.2 Å². The lowest BCUT2D eigenvalue weighted by molar-refractivity contribution is -0.122. The van der Waals surface area contributed by atoms with Gasteiger partial charge in [0.25, 0.3) is 0 Å². The van der Waals surface area contributed by atoms with Gasteiger partial charge in [-0.15, -0.1) is 11.8 Å². The van der Waals surface area contributed by atoms with Crippen molar-refractivity contribution in [2.24, 2.45) is 5.92 Å². The highest BCUT2D eigenvalue weighted by molar-refractivity contribution is 7.98. The standard InChI is InChI=1S/C18H17ClN2O2S/c1-24-16-8-4-14(5-9-16)20-18(23)12-10-17(22)21(11-12)15-6-2-13(19)3-7-15/h2-9,12H,10-11H2,1H3,(H,20,23). The average Bonchev–Trinajstić information content (AvgIpc) is 2.98. The molecule has 1 unspecified atom stereocenters. The van der Waals surface area contributed by atoms with Gasteiger partial charge in [-0.2, -0.15) is 0 Å². The summed E-state index contributed by atoms with van der Waals surface area (Å²) in [5, 5.41) is 3.51. The Morgan fingerprint density at radius 2 is 1.83 bits per heavy atom. The molecule has 1 heterocycles. The van der Waals surface area contributed by atoms with Crippen LogP contribution in [-0.2, 0) is 9.59 Å². The Balaban J connectivity index is 1.66. The van der Waals surface area contributed by atoms with E-state index >= 15 is 0 Å². The summed E-state index contributed by atoms with van der Waals surface area (Å²) in [6.07, 6.45) is 2.22. The van der Waals surface area contributed by atoms with E-state index in [4.69, 9.17) is 11.6 Å². The van der Waals surface area contributed by atoms with E-state index < -0.39 is 0 Å². The van der Waals surface area contributed by atoms with Gasteiger partial charge in [0.2, 0.25) is 11.8 Å². The van der Waals surface area contributed by atoms with E-state index in [1.807, 2.05) is 30.5 Å². The Labute approximate surface area is 150 Å². The summed E-state index contributed by atoms with van der Waals surface area (Å²) in [7, 11) is 0. The second-order valence-corrected chi connectivity index (χ2v) is 6.92. The van der Waals surface area contributed by atoms with Crippen molar-refractivity contribution in [1.82, 2.24) is 0 Å². The van der Waals surface area contributed by atoms with Gasteiger partial charge in [-0.25, -0.2) is 0 Å². The molecule has 1 aliphatic rings. The highest BCUT2D eigenvalue weighted by Gasteiger charge is 2.35. The fourth-order valence-electron chi connectivity index (χ4n) is 2.67. The summed E-state index contributed by atoms with van der Waals surface area (Å²) in [6.45, 7) is 0.384. The van der Waals surface area contributed by atoms with Gasteiger partial charge in [-0.3, -0.25) is 9.59 Å². The Kier molecular flexibility index (Phi) is 5.11. The van der Waals surface area contributed by atoms with E-state index in [9.17, 15) is 9.59 Å². The maximum Gasteiger partial charge on any atom is 0.229 e. The molecule has 24 heavy (non-hydrogen) atoms. The van der Waals surface area contributed by atoms with Gasteiger partial charge in [0, 0.05) is 34.3 Å². The number of rotatable bonds is 4. The van der Waals surface area contributed by atoms with Crippen LogP contribution in [0.1, 0.15) is 6.42 Å². The number of carbonyl (C=O) groups is 2. The second-order valence-electron chi connectivity index (χ2n) is 5.60. The summed E-state index contributed by atoms with van der Waals surface area (Å²) in [5.74, 6) is -0.527. The van der Waals surface area contributed by atoms with Crippen LogP contribution in [0.2, 0.25) is 5.02 Å². The minimum atomic E-state index is -0.353. The molecule has 1 fully saturated rings. The van der Waals surface area contributed by atoms with E-state index in [0.717, 1.165) is 16.3 Å². The number of carbonyl (C=O) groups excluding carboxylic acids is 2. The van der Waals surface area contributed by atoms with Crippen molar-refractivity contribution in [2.45, 2.75) is 11.3 Å². The van der Waals surface area contributed by atoms with E-state index in [1.165, 1.54) is 0 Å². The van der Waals surface area contributed by atoms with Gasteiger partial charge in [-0.1, -0.05) is 11.6 Å². The number of thioether (sulfide) groups is 1. The largest absolute Gasteiger partial charge is 0.326 e. The van der Waals surface area contributed by atoms with E-state index in [0.29, 0.717) is 11.6 Å². The van der Waals surface area contributed by atoms with Crippen LogP contribution < -0.4 is 10.2 Å². The molecule has 2 amide bonds. The molecule has 1 N–H and O–H groups in total. The molecule has 0 aromatic heterocycles. The van der Waals surface area contributed by atoms with Crippen LogP contribution in [0.3, 0.4) is 0 Å². The Hall–Kier alpha value is -1.98. The molecule has 6 heteroatoms. The summed E-state index contributed by atoms with van der Waals surface area (Å²) in [6, 6.07) is 14.7. The summed E-state index contributed by atoms with van der Waals surface area (Å²) >= 11 is 7.52. The molecule has 1 aliphatic heterocycles. The molecule has 1 atom stereocenters. The van der Waals surface area contributed by atoms with Gasteiger partial charge >= 0.3 is 0 Å². The topological polar surface area (TPSA) is 49.4 Å². The molecular formula is C18H17ClN2O2S. The number of benzene rings is 2. The third-order valence-corrected chi connectivity index (χ3v) is 4.99. The van der Waals surface area contributed by atoms with Crippen LogP contribution in [0.25, 0.3) is 0 Å². The predicted octanol–water partition coefficient (Wildman–Crippen LogP) is 4.05. The minimum Gasteiger partial charge on any atom is -0.326 e. The maximum absolute atomic E-state index is 12.4. The zero-order chi connectivity index (χ0) is 17.1. The number of nitrogens with zero attached hydrogens (tertiary/aromatic N) is 1. The van der Waals surface area contributed by atoms with E-state index in [2.05, 4.69) is 5.32 Å². The van der Waals surface area contributed by atoms with Crippen LogP contribution in [0.4, 0.5) is 11.4 Å². The smallest absolute Gasteiger partial charge is 0.229 e. The van der Waals surface area contributed by atoms with Crippen LogP contribution in [0.15, 0.2) is 53.4 Å². The quantitative estimate of drug-likeness (QED) is 0.837. The summed E-state index contributed by atoms with van der Waals surface area (Å²) in [5.41, 5.74) is 1.51. The molecule has 0 bridgehead atoms. The first-order valence-corrected chi connectivity index (χ1v) is 9.18. The van der Waals surface area contributed by atoms with Crippen LogP contribution in [0.5, 0.6) is 0 Å². The molecule has 3 rings (SSSR count). The lowest BCUT2D eigenvalue weighted by Gasteiger charge is -2.16.